The highest BCUT2D eigenvalue weighted by molar-refractivity contribution is 6.34. The molecule has 0 aliphatic carbocycles. The van der Waals surface area contributed by atoms with E-state index in [4.69, 9.17) is 0 Å². The van der Waals surface area contributed by atoms with Gasteiger partial charge in [0.1, 0.15) is 5.70 Å². The van der Waals surface area contributed by atoms with Crippen LogP contribution in [0.3, 0.4) is 0 Å². The average molecular weight is 188 g/mol. The summed E-state index contributed by atoms with van der Waals surface area (Å²) in [6.07, 6.45) is 1.77. The molecule has 1 aromatic rings. The van der Waals surface area contributed by atoms with Gasteiger partial charge in [0.25, 0.3) is 0 Å². The molecule has 1 heterocycles. The second-order valence-electron chi connectivity index (χ2n) is 2.86. The van der Waals surface area contributed by atoms with Crippen molar-refractivity contribution in [3.05, 3.63) is 36.2 Å². The summed E-state index contributed by atoms with van der Waals surface area (Å²) in [5.41, 5.74) is 1.94. The Balaban J connectivity index is 2.29. The molecule has 0 radical (unpaired) electrons. The summed E-state index contributed by atoms with van der Waals surface area (Å²) in [6.45, 7) is 0. The number of rotatable bonds is 2. The van der Waals surface area contributed by atoms with Crippen molar-refractivity contribution in [2.45, 2.75) is 0 Å². The van der Waals surface area contributed by atoms with Gasteiger partial charge >= 0.3 is 0 Å². The van der Waals surface area contributed by atoms with Gasteiger partial charge in [-0.15, -0.1) is 0 Å². The van der Waals surface area contributed by atoms with Gasteiger partial charge in [0, 0.05) is 6.20 Å². The van der Waals surface area contributed by atoms with E-state index in [1.54, 1.807) is 0 Å². The minimum Gasteiger partial charge on any atom is -0.358 e. The van der Waals surface area contributed by atoms with Gasteiger partial charge in [0.05, 0.1) is 11.4 Å². The van der Waals surface area contributed by atoms with Crippen LogP contribution in [0.4, 0.5) is 11.4 Å². The second-order valence-corrected chi connectivity index (χ2v) is 2.86. The van der Waals surface area contributed by atoms with E-state index in [-0.39, 0.29) is 12.0 Å². The Bertz CT molecular complexity index is 424. The van der Waals surface area contributed by atoms with Crippen LogP contribution in [0.1, 0.15) is 0 Å². The van der Waals surface area contributed by atoms with E-state index in [2.05, 4.69) is 10.6 Å². The van der Waals surface area contributed by atoms with Crippen molar-refractivity contribution in [3.63, 3.8) is 0 Å². The molecule has 1 aliphatic heterocycles. The zero-order valence-electron chi connectivity index (χ0n) is 7.28. The number of fused-ring (bicyclic) bond motifs is 1. The van der Waals surface area contributed by atoms with Crippen LogP contribution in [0.2, 0.25) is 0 Å². The van der Waals surface area contributed by atoms with Gasteiger partial charge in [0.2, 0.25) is 5.78 Å². The van der Waals surface area contributed by atoms with Gasteiger partial charge in [0.15, 0.2) is 6.29 Å². The number of para-hydroxylation sites is 2. The number of benzene rings is 1. The summed E-state index contributed by atoms with van der Waals surface area (Å²) in [5.74, 6) is -0.563. The largest absolute Gasteiger partial charge is 0.358 e. The van der Waals surface area contributed by atoms with Crippen LogP contribution in [0.15, 0.2) is 36.2 Å². The maximum atomic E-state index is 11.0. The van der Waals surface area contributed by atoms with E-state index in [9.17, 15) is 9.59 Å². The van der Waals surface area contributed by atoms with Crippen LogP contribution in [-0.2, 0) is 9.59 Å². The molecule has 14 heavy (non-hydrogen) atoms. The number of anilines is 2. The molecule has 0 amide bonds. The third-order valence-electron chi connectivity index (χ3n) is 1.94. The number of Topliss-reactive ketones (excluding diaryl/α,β-unsaturated/α-hetero) is 1. The van der Waals surface area contributed by atoms with Crippen LogP contribution in [0.5, 0.6) is 0 Å². The minimum absolute atomic E-state index is 0.263. The van der Waals surface area contributed by atoms with Crippen molar-refractivity contribution >= 4 is 23.4 Å². The van der Waals surface area contributed by atoms with Crippen molar-refractivity contribution in [1.82, 2.24) is 0 Å². The Morgan fingerprint density at radius 2 is 1.93 bits per heavy atom. The van der Waals surface area contributed by atoms with Crippen molar-refractivity contribution in [3.8, 4) is 0 Å². The molecule has 2 rings (SSSR count). The highest BCUT2D eigenvalue weighted by Crippen LogP contribution is 2.25. The Morgan fingerprint density at radius 3 is 2.64 bits per heavy atom. The van der Waals surface area contributed by atoms with E-state index in [1.165, 1.54) is 6.20 Å². The third kappa shape index (κ3) is 1.37. The number of hydrogen-bond acceptors (Lipinski definition) is 4. The molecule has 0 spiro atoms. The van der Waals surface area contributed by atoms with E-state index in [1.807, 2.05) is 24.3 Å². The third-order valence-corrected chi connectivity index (χ3v) is 1.94. The topological polar surface area (TPSA) is 58.2 Å². The molecule has 1 aromatic carbocycles. The van der Waals surface area contributed by atoms with Crippen LogP contribution >= 0.6 is 0 Å². The molecule has 0 saturated carbocycles. The first kappa shape index (κ1) is 8.50. The minimum atomic E-state index is -0.563. The van der Waals surface area contributed by atoms with Gasteiger partial charge < -0.3 is 10.6 Å². The molecule has 0 fully saturated rings. The molecule has 1 aliphatic rings. The highest BCUT2D eigenvalue weighted by Gasteiger charge is 2.14. The fourth-order valence-corrected chi connectivity index (χ4v) is 1.25. The maximum Gasteiger partial charge on any atom is 0.242 e. The lowest BCUT2D eigenvalue weighted by atomic mass is 10.2. The number of ketones is 1. The molecular formula is C10H8N2O2. The van der Waals surface area contributed by atoms with E-state index < -0.39 is 5.78 Å². The fourth-order valence-electron chi connectivity index (χ4n) is 1.25. The number of nitrogens with one attached hydrogen (secondary N) is 2. The Hall–Kier alpha value is -2.10. The summed E-state index contributed by atoms with van der Waals surface area (Å²) in [4.78, 5) is 21.3. The summed E-state index contributed by atoms with van der Waals surface area (Å²) >= 11 is 0. The predicted molar refractivity (Wildman–Crippen MR) is 52.8 cm³/mol. The Labute approximate surface area is 80.6 Å². The lowest BCUT2D eigenvalue weighted by Crippen LogP contribution is -2.18. The van der Waals surface area contributed by atoms with Gasteiger partial charge in [-0.1, -0.05) is 12.1 Å². The molecular weight excluding hydrogens is 180 g/mol. The lowest BCUT2D eigenvalue weighted by molar-refractivity contribution is -0.127. The van der Waals surface area contributed by atoms with Gasteiger partial charge in [-0.25, -0.2) is 0 Å². The Morgan fingerprint density at radius 1 is 1.21 bits per heavy atom. The van der Waals surface area contributed by atoms with Gasteiger partial charge in [-0.2, -0.15) is 0 Å². The maximum absolute atomic E-state index is 11.0. The quantitative estimate of drug-likeness (QED) is 0.539. The van der Waals surface area contributed by atoms with Crippen molar-refractivity contribution in [1.29, 1.82) is 0 Å². The smallest absolute Gasteiger partial charge is 0.242 e. The zero-order chi connectivity index (χ0) is 9.97. The standard InChI is InChI=1S/C10H8N2O2/c13-6-10(14)9-5-11-7-3-1-2-4-8(7)12-9/h1-6,11-12H. The number of allylic oxidation sites excluding steroid dienone is 1. The summed E-state index contributed by atoms with van der Waals surface area (Å²) in [7, 11) is 0. The normalized spacial score (nSPS) is 13.0. The fraction of sp³-hybridized carbons (Fsp3) is 0. The summed E-state index contributed by atoms with van der Waals surface area (Å²) in [6, 6.07) is 7.43. The molecule has 0 atom stereocenters. The molecule has 0 bridgehead atoms. The predicted octanol–water partition coefficient (Wildman–Crippen LogP) is 1.13. The van der Waals surface area contributed by atoms with Crippen molar-refractivity contribution in [2.75, 3.05) is 10.6 Å². The van der Waals surface area contributed by atoms with E-state index in [0.717, 1.165) is 11.4 Å². The molecule has 0 aromatic heterocycles. The monoisotopic (exact) mass is 188 g/mol. The lowest BCUT2D eigenvalue weighted by Gasteiger charge is -2.17. The van der Waals surface area contributed by atoms with Crippen LogP contribution in [0.25, 0.3) is 0 Å². The second kappa shape index (κ2) is 3.33. The van der Waals surface area contributed by atoms with Gasteiger partial charge in [-0.05, 0) is 12.1 Å². The first-order valence-electron chi connectivity index (χ1n) is 4.13. The first-order chi connectivity index (χ1) is 6.81. The number of carbonyl (C=O) groups excluding carboxylic acids is 2. The Kier molecular flexibility index (Phi) is 2.02. The van der Waals surface area contributed by atoms with Crippen LogP contribution in [-0.4, -0.2) is 12.1 Å². The first-order valence-corrected chi connectivity index (χ1v) is 4.13. The summed E-state index contributed by atoms with van der Waals surface area (Å²) < 4.78 is 0. The SMILES string of the molecule is O=CC(=O)C1=CNc2ccccc2N1. The molecule has 0 saturated heterocycles. The van der Waals surface area contributed by atoms with E-state index in [0.29, 0.717) is 0 Å². The van der Waals surface area contributed by atoms with E-state index >= 15 is 0 Å². The van der Waals surface area contributed by atoms with Crippen LogP contribution < -0.4 is 10.6 Å². The highest BCUT2D eigenvalue weighted by atomic mass is 16.2. The summed E-state index contributed by atoms with van der Waals surface area (Å²) in [5, 5.41) is 5.79. The average Bonchev–Trinajstić information content (AvgIpc) is 2.27. The number of hydrogen-bond donors (Lipinski definition) is 2. The number of aldehydes is 1. The van der Waals surface area contributed by atoms with Crippen molar-refractivity contribution in [2.24, 2.45) is 0 Å². The molecule has 2 N–H and O–H groups in total. The van der Waals surface area contributed by atoms with Crippen molar-refractivity contribution < 1.29 is 9.59 Å². The number of carbonyl (C=O) groups is 2. The van der Waals surface area contributed by atoms with Crippen LogP contribution in [0, 0.1) is 0 Å². The molecule has 4 nitrogen and oxygen atoms in total. The molecule has 0 unspecified atom stereocenters. The van der Waals surface area contributed by atoms with Gasteiger partial charge in [-0.3, -0.25) is 9.59 Å². The zero-order valence-corrected chi connectivity index (χ0v) is 7.28. The molecule has 70 valence electrons. The molecule has 4 heteroatoms.